The number of aliphatic carboxylic acids is 1. The minimum atomic E-state index is -0.951. The summed E-state index contributed by atoms with van der Waals surface area (Å²) in [6.45, 7) is 0.627. The number of amides is 1. The summed E-state index contributed by atoms with van der Waals surface area (Å²) in [6.07, 6.45) is 4.66. The van der Waals surface area contributed by atoms with Crippen molar-refractivity contribution in [3.05, 3.63) is 11.8 Å². The van der Waals surface area contributed by atoms with Crippen LogP contribution in [0.2, 0.25) is 0 Å². The van der Waals surface area contributed by atoms with Crippen molar-refractivity contribution in [1.82, 2.24) is 5.32 Å². The molecular formula is C11H15NO4. The van der Waals surface area contributed by atoms with Gasteiger partial charge in [0.2, 0.25) is 0 Å². The highest BCUT2D eigenvalue weighted by molar-refractivity contribution is 5.95. The Kier molecular flexibility index (Phi) is 3.12. The standard InChI is InChI=1S/C11H15NO4/c13-10(8-2-1-5-16-6-8)12-9(11(14)15)7-3-4-7/h6-7,9H,1-5H2,(H,12,13)(H,14,15). The van der Waals surface area contributed by atoms with Gasteiger partial charge in [0.15, 0.2) is 0 Å². The molecule has 0 saturated heterocycles. The van der Waals surface area contributed by atoms with Gasteiger partial charge in [0.25, 0.3) is 5.91 Å². The molecule has 1 aliphatic heterocycles. The van der Waals surface area contributed by atoms with Crippen LogP contribution < -0.4 is 5.32 Å². The summed E-state index contributed by atoms with van der Waals surface area (Å²) in [4.78, 5) is 22.7. The molecule has 1 atom stereocenters. The van der Waals surface area contributed by atoms with Crippen LogP contribution in [0.15, 0.2) is 11.8 Å². The third-order valence-corrected chi connectivity index (χ3v) is 2.87. The molecule has 1 unspecified atom stereocenters. The number of hydrogen-bond acceptors (Lipinski definition) is 3. The van der Waals surface area contributed by atoms with Gasteiger partial charge in [0.05, 0.1) is 18.4 Å². The minimum absolute atomic E-state index is 0.103. The van der Waals surface area contributed by atoms with Gasteiger partial charge in [-0.15, -0.1) is 0 Å². The summed E-state index contributed by atoms with van der Waals surface area (Å²) >= 11 is 0. The predicted molar refractivity (Wildman–Crippen MR) is 55.6 cm³/mol. The number of hydrogen-bond donors (Lipinski definition) is 2. The van der Waals surface area contributed by atoms with Crippen LogP contribution >= 0.6 is 0 Å². The highest BCUT2D eigenvalue weighted by atomic mass is 16.5. The van der Waals surface area contributed by atoms with Crippen LogP contribution in [0.25, 0.3) is 0 Å². The van der Waals surface area contributed by atoms with Crippen LogP contribution in [-0.4, -0.2) is 29.6 Å². The van der Waals surface area contributed by atoms with Crippen molar-refractivity contribution >= 4 is 11.9 Å². The third kappa shape index (κ3) is 2.53. The fraction of sp³-hybridized carbons (Fsp3) is 0.636. The smallest absolute Gasteiger partial charge is 0.326 e. The lowest BCUT2D eigenvalue weighted by atomic mass is 10.1. The Labute approximate surface area is 93.5 Å². The molecule has 0 aromatic carbocycles. The molecule has 1 amide bonds. The van der Waals surface area contributed by atoms with E-state index in [1.54, 1.807) is 0 Å². The van der Waals surface area contributed by atoms with Crippen molar-refractivity contribution in [2.24, 2.45) is 5.92 Å². The Morgan fingerprint density at radius 1 is 1.50 bits per heavy atom. The van der Waals surface area contributed by atoms with E-state index in [1.807, 2.05) is 0 Å². The topological polar surface area (TPSA) is 75.6 Å². The van der Waals surface area contributed by atoms with Gasteiger partial charge >= 0.3 is 5.97 Å². The van der Waals surface area contributed by atoms with E-state index in [0.29, 0.717) is 18.6 Å². The highest BCUT2D eigenvalue weighted by Crippen LogP contribution is 2.33. The molecule has 1 saturated carbocycles. The third-order valence-electron chi connectivity index (χ3n) is 2.87. The molecule has 0 bridgehead atoms. The quantitative estimate of drug-likeness (QED) is 0.737. The summed E-state index contributed by atoms with van der Waals surface area (Å²) in [5.74, 6) is -1.15. The zero-order valence-electron chi connectivity index (χ0n) is 8.94. The predicted octanol–water partition coefficient (Wildman–Crippen LogP) is 0.660. The first kappa shape index (κ1) is 11.0. The number of carboxylic acids is 1. The van der Waals surface area contributed by atoms with Gasteiger partial charge < -0.3 is 15.2 Å². The van der Waals surface area contributed by atoms with Crippen molar-refractivity contribution < 1.29 is 19.4 Å². The molecule has 0 aromatic rings. The van der Waals surface area contributed by atoms with Crippen molar-refractivity contribution in [1.29, 1.82) is 0 Å². The Hall–Kier alpha value is -1.52. The normalized spacial score (nSPS) is 21.6. The fourth-order valence-corrected chi connectivity index (χ4v) is 1.78. The molecule has 2 N–H and O–H groups in total. The van der Waals surface area contributed by atoms with E-state index in [9.17, 15) is 9.59 Å². The maximum Gasteiger partial charge on any atom is 0.326 e. The number of nitrogens with one attached hydrogen (secondary N) is 1. The second-order valence-electron chi connectivity index (χ2n) is 4.24. The number of ether oxygens (including phenoxy) is 1. The lowest BCUT2D eigenvalue weighted by Gasteiger charge is -2.17. The second kappa shape index (κ2) is 4.55. The van der Waals surface area contributed by atoms with Gasteiger partial charge in [-0.3, -0.25) is 4.79 Å². The van der Waals surface area contributed by atoms with E-state index >= 15 is 0 Å². The average Bonchev–Trinajstić information content (AvgIpc) is 3.10. The number of carbonyl (C=O) groups is 2. The van der Waals surface area contributed by atoms with E-state index in [4.69, 9.17) is 9.84 Å². The Morgan fingerprint density at radius 3 is 2.75 bits per heavy atom. The summed E-state index contributed by atoms with van der Waals surface area (Å²) in [7, 11) is 0. The van der Waals surface area contributed by atoms with Gasteiger partial charge in [-0.1, -0.05) is 0 Å². The van der Waals surface area contributed by atoms with Gasteiger partial charge in [0, 0.05) is 0 Å². The molecule has 5 heteroatoms. The average molecular weight is 225 g/mol. The largest absolute Gasteiger partial charge is 0.501 e. The Morgan fingerprint density at radius 2 is 2.25 bits per heavy atom. The first-order chi connectivity index (χ1) is 7.68. The zero-order chi connectivity index (χ0) is 11.5. The van der Waals surface area contributed by atoms with Crippen molar-refractivity contribution in [3.63, 3.8) is 0 Å². The molecule has 2 rings (SSSR count). The van der Waals surface area contributed by atoms with E-state index in [-0.39, 0.29) is 11.8 Å². The molecular weight excluding hydrogens is 210 g/mol. The fourth-order valence-electron chi connectivity index (χ4n) is 1.78. The molecule has 0 aromatic heterocycles. The molecule has 88 valence electrons. The first-order valence-electron chi connectivity index (χ1n) is 5.53. The number of rotatable bonds is 4. The lowest BCUT2D eigenvalue weighted by molar-refractivity contribution is -0.142. The van der Waals surface area contributed by atoms with Crippen molar-refractivity contribution in [3.8, 4) is 0 Å². The zero-order valence-corrected chi connectivity index (χ0v) is 8.94. The molecule has 16 heavy (non-hydrogen) atoms. The van der Waals surface area contributed by atoms with Crippen LogP contribution in [0, 0.1) is 5.92 Å². The van der Waals surface area contributed by atoms with Crippen molar-refractivity contribution in [2.75, 3.05) is 6.61 Å². The minimum Gasteiger partial charge on any atom is -0.501 e. The van der Waals surface area contributed by atoms with Crippen LogP contribution in [0.5, 0.6) is 0 Å². The van der Waals surface area contributed by atoms with Gasteiger partial charge in [-0.25, -0.2) is 4.79 Å². The molecule has 0 radical (unpaired) electrons. The van der Waals surface area contributed by atoms with Crippen LogP contribution in [0.1, 0.15) is 25.7 Å². The molecule has 2 aliphatic rings. The van der Waals surface area contributed by atoms with Crippen molar-refractivity contribution in [2.45, 2.75) is 31.7 Å². The summed E-state index contributed by atoms with van der Waals surface area (Å²) in [5, 5.41) is 11.5. The SMILES string of the molecule is O=C(NC(C(=O)O)C1CC1)C1=COCCC1. The summed E-state index contributed by atoms with van der Waals surface area (Å²) in [6, 6.07) is -0.740. The van der Waals surface area contributed by atoms with Gasteiger partial charge in [0.1, 0.15) is 6.04 Å². The van der Waals surface area contributed by atoms with E-state index in [0.717, 1.165) is 19.3 Å². The molecule has 5 nitrogen and oxygen atoms in total. The van der Waals surface area contributed by atoms with Crippen LogP contribution in [-0.2, 0) is 14.3 Å². The lowest BCUT2D eigenvalue weighted by Crippen LogP contribution is -2.43. The Bertz CT molecular complexity index is 333. The Balaban J connectivity index is 1.94. The second-order valence-corrected chi connectivity index (χ2v) is 4.24. The maximum absolute atomic E-state index is 11.7. The number of carboxylic acid groups (broad SMARTS) is 1. The van der Waals surface area contributed by atoms with Crippen LogP contribution in [0.3, 0.4) is 0 Å². The summed E-state index contributed by atoms with van der Waals surface area (Å²) in [5.41, 5.74) is 0.540. The molecule has 1 aliphatic carbocycles. The monoisotopic (exact) mass is 225 g/mol. The van der Waals surface area contributed by atoms with E-state index in [2.05, 4.69) is 5.32 Å². The van der Waals surface area contributed by atoms with E-state index < -0.39 is 12.0 Å². The van der Waals surface area contributed by atoms with Gasteiger partial charge in [-0.05, 0) is 31.6 Å². The molecule has 1 fully saturated rings. The summed E-state index contributed by atoms with van der Waals surface area (Å²) < 4.78 is 5.05. The molecule has 1 heterocycles. The maximum atomic E-state index is 11.7. The molecule has 0 spiro atoms. The van der Waals surface area contributed by atoms with Gasteiger partial charge in [-0.2, -0.15) is 0 Å². The number of carbonyl (C=O) groups excluding carboxylic acids is 1. The van der Waals surface area contributed by atoms with E-state index in [1.165, 1.54) is 6.26 Å². The highest BCUT2D eigenvalue weighted by Gasteiger charge is 2.37. The van der Waals surface area contributed by atoms with Crippen LogP contribution in [0.4, 0.5) is 0 Å². The first-order valence-corrected chi connectivity index (χ1v) is 5.53.